The summed E-state index contributed by atoms with van der Waals surface area (Å²) < 4.78 is 0. The summed E-state index contributed by atoms with van der Waals surface area (Å²) in [6.07, 6.45) is 3.53. The van der Waals surface area contributed by atoms with E-state index < -0.39 is 11.6 Å². The van der Waals surface area contributed by atoms with Crippen LogP contribution in [0.5, 0.6) is 0 Å². The summed E-state index contributed by atoms with van der Waals surface area (Å²) in [5, 5.41) is 4.91. The molecule has 1 saturated carbocycles. The number of nitrogens with zero attached hydrogens (tertiary/aromatic N) is 2. The van der Waals surface area contributed by atoms with E-state index in [9.17, 15) is 14.4 Å². The van der Waals surface area contributed by atoms with Gasteiger partial charge in [-0.25, -0.2) is 4.79 Å². The summed E-state index contributed by atoms with van der Waals surface area (Å²) in [5.41, 5.74) is 0.926. The molecule has 0 radical (unpaired) electrons. The zero-order valence-electron chi connectivity index (χ0n) is 17.0. The quantitative estimate of drug-likeness (QED) is 0.725. The average Bonchev–Trinajstić information content (AvgIpc) is 3.27. The van der Waals surface area contributed by atoms with Crippen LogP contribution in [0.2, 0.25) is 0 Å². The third-order valence-corrected chi connectivity index (χ3v) is 7.60. The van der Waals surface area contributed by atoms with Crippen molar-refractivity contribution in [3.05, 3.63) is 57.8 Å². The second-order valence-electron chi connectivity index (χ2n) is 8.56. The predicted molar refractivity (Wildman–Crippen MR) is 114 cm³/mol. The van der Waals surface area contributed by atoms with Crippen molar-refractivity contribution in [3.63, 3.8) is 0 Å². The van der Waals surface area contributed by atoms with E-state index in [1.165, 1.54) is 0 Å². The van der Waals surface area contributed by atoms with Gasteiger partial charge in [0, 0.05) is 10.9 Å². The van der Waals surface area contributed by atoms with Crippen LogP contribution < -0.4 is 5.32 Å². The van der Waals surface area contributed by atoms with Crippen LogP contribution in [-0.4, -0.2) is 40.2 Å². The number of amides is 4. The monoisotopic (exact) mass is 423 g/mol. The van der Waals surface area contributed by atoms with Gasteiger partial charge < -0.3 is 10.2 Å². The van der Waals surface area contributed by atoms with E-state index in [2.05, 4.69) is 12.2 Å². The van der Waals surface area contributed by atoms with Gasteiger partial charge in [-0.15, -0.1) is 11.3 Å². The van der Waals surface area contributed by atoms with Gasteiger partial charge in [0.25, 0.3) is 5.91 Å². The molecule has 3 aliphatic rings. The van der Waals surface area contributed by atoms with Gasteiger partial charge in [0.05, 0.1) is 6.54 Å². The minimum atomic E-state index is -1.02. The third kappa shape index (κ3) is 3.12. The fourth-order valence-corrected chi connectivity index (χ4v) is 5.52. The van der Waals surface area contributed by atoms with E-state index in [0.29, 0.717) is 18.9 Å². The maximum Gasteiger partial charge on any atom is 0.325 e. The third-order valence-electron chi connectivity index (χ3n) is 6.74. The zero-order chi connectivity index (χ0) is 20.9. The molecule has 1 aliphatic heterocycles. The largest absolute Gasteiger partial charge is 0.333 e. The highest BCUT2D eigenvalue weighted by Crippen LogP contribution is 2.41. The van der Waals surface area contributed by atoms with Gasteiger partial charge in [-0.05, 0) is 61.1 Å². The van der Waals surface area contributed by atoms with E-state index in [4.69, 9.17) is 0 Å². The number of imide groups is 1. The van der Waals surface area contributed by atoms with Crippen LogP contribution >= 0.6 is 11.3 Å². The number of thiophene rings is 1. The van der Waals surface area contributed by atoms with Gasteiger partial charge in [-0.1, -0.05) is 30.3 Å². The SMILES string of the molecule is CC(C1CC1)N(Cc1cccs1)C(=O)CN1C(=O)NC2(CCc3ccccc32)C1=O. The summed E-state index contributed by atoms with van der Waals surface area (Å²) in [4.78, 5) is 43.5. The maximum atomic E-state index is 13.4. The molecule has 1 N–H and O–H groups in total. The van der Waals surface area contributed by atoms with Gasteiger partial charge >= 0.3 is 6.03 Å². The van der Waals surface area contributed by atoms with Gasteiger partial charge in [-0.2, -0.15) is 0 Å². The molecule has 2 atom stereocenters. The number of aryl methyl sites for hydroxylation is 1. The minimum absolute atomic E-state index is 0.0986. The molecular weight excluding hydrogens is 398 g/mol. The highest BCUT2D eigenvalue weighted by Gasteiger charge is 2.55. The molecule has 1 spiro atoms. The molecule has 2 unspecified atom stereocenters. The second kappa shape index (κ2) is 7.23. The highest BCUT2D eigenvalue weighted by molar-refractivity contribution is 7.09. The maximum absolute atomic E-state index is 13.4. The van der Waals surface area contributed by atoms with Gasteiger partial charge in [0.1, 0.15) is 12.1 Å². The lowest BCUT2D eigenvalue weighted by Gasteiger charge is -2.30. The summed E-state index contributed by atoms with van der Waals surface area (Å²) in [5.74, 6) is 0.0284. The molecule has 1 aromatic heterocycles. The van der Waals surface area contributed by atoms with E-state index in [1.807, 2.05) is 46.7 Å². The molecule has 0 bridgehead atoms. The number of nitrogens with one attached hydrogen (secondary N) is 1. The molecule has 5 rings (SSSR count). The topological polar surface area (TPSA) is 69.7 Å². The molecule has 6 nitrogen and oxygen atoms in total. The normalized spacial score (nSPS) is 23.6. The second-order valence-corrected chi connectivity index (χ2v) is 9.60. The molecule has 2 heterocycles. The zero-order valence-corrected chi connectivity index (χ0v) is 17.8. The summed E-state index contributed by atoms with van der Waals surface area (Å²) >= 11 is 1.62. The Bertz CT molecular complexity index is 1000. The van der Waals surface area contributed by atoms with Crippen molar-refractivity contribution in [2.75, 3.05) is 6.54 Å². The highest BCUT2D eigenvalue weighted by atomic mass is 32.1. The van der Waals surface area contributed by atoms with Crippen LogP contribution in [0.25, 0.3) is 0 Å². The Morgan fingerprint density at radius 2 is 2.07 bits per heavy atom. The van der Waals surface area contributed by atoms with Crippen molar-refractivity contribution in [3.8, 4) is 0 Å². The summed E-state index contributed by atoms with van der Waals surface area (Å²) in [6.45, 7) is 2.38. The Balaban J connectivity index is 1.37. The van der Waals surface area contributed by atoms with Crippen molar-refractivity contribution < 1.29 is 14.4 Å². The Labute approximate surface area is 179 Å². The first-order valence-electron chi connectivity index (χ1n) is 10.5. The van der Waals surface area contributed by atoms with Gasteiger partial charge in [0.2, 0.25) is 5.91 Å². The molecule has 1 aromatic carbocycles. The Morgan fingerprint density at radius 3 is 2.80 bits per heavy atom. The first-order valence-corrected chi connectivity index (χ1v) is 11.4. The number of carbonyl (C=O) groups excluding carboxylic acids is 3. The van der Waals surface area contributed by atoms with Crippen molar-refractivity contribution in [2.24, 2.45) is 5.92 Å². The van der Waals surface area contributed by atoms with Crippen LogP contribution in [0, 0.1) is 5.92 Å². The Morgan fingerprint density at radius 1 is 1.27 bits per heavy atom. The Kier molecular flexibility index (Phi) is 4.65. The van der Waals surface area contributed by atoms with Crippen molar-refractivity contribution in [1.82, 2.24) is 15.1 Å². The predicted octanol–water partition coefficient (Wildman–Crippen LogP) is 3.27. The minimum Gasteiger partial charge on any atom is -0.333 e. The van der Waals surface area contributed by atoms with Crippen molar-refractivity contribution in [2.45, 2.75) is 50.7 Å². The van der Waals surface area contributed by atoms with Crippen LogP contribution in [0.15, 0.2) is 41.8 Å². The lowest BCUT2D eigenvalue weighted by atomic mass is 9.92. The molecule has 2 fully saturated rings. The molecule has 156 valence electrons. The smallest absolute Gasteiger partial charge is 0.325 e. The first-order chi connectivity index (χ1) is 14.5. The summed E-state index contributed by atoms with van der Waals surface area (Å²) in [7, 11) is 0. The molecule has 1 saturated heterocycles. The van der Waals surface area contributed by atoms with Gasteiger partial charge in [-0.3, -0.25) is 14.5 Å². The molecule has 2 aliphatic carbocycles. The first kappa shape index (κ1) is 19.3. The molecule has 30 heavy (non-hydrogen) atoms. The standard InChI is InChI=1S/C23H25N3O3S/c1-15(16-8-9-16)25(13-18-6-4-12-30-18)20(27)14-26-21(28)23(24-22(26)29)11-10-17-5-2-3-7-19(17)23/h2-7,12,15-16H,8-11,13-14H2,1H3,(H,24,29). The number of carbonyl (C=O) groups is 3. The van der Waals surface area contributed by atoms with E-state index >= 15 is 0 Å². The molecular formula is C23H25N3O3S. The number of hydrogen-bond acceptors (Lipinski definition) is 4. The van der Waals surface area contributed by atoms with Crippen LogP contribution in [-0.2, 0) is 28.1 Å². The fourth-order valence-electron chi connectivity index (χ4n) is 4.82. The molecule has 4 amide bonds. The number of benzene rings is 1. The van der Waals surface area contributed by atoms with Gasteiger partial charge in [0.15, 0.2) is 0 Å². The van der Waals surface area contributed by atoms with Crippen LogP contribution in [0.1, 0.15) is 42.2 Å². The molecule has 7 heteroatoms. The van der Waals surface area contributed by atoms with Crippen LogP contribution in [0.3, 0.4) is 0 Å². The number of hydrogen-bond donors (Lipinski definition) is 1. The lowest BCUT2D eigenvalue weighted by molar-refractivity contribution is -0.141. The number of rotatable bonds is 6. The van der Waals surface area contributed by atoms with Crippen LogP contribution in [0.4, 0.5) is 4.79 Å². The number of fused-ring (bicyclic) bond motifs is 2. The summed E-state index contributed by atoms with van der Waals surface area (Å²) in [6, 6.07) is 11.4. The van der Waals surface area contributed by atoms with E-state index in [1.54, 1.807) is 11.3 Å². The van der Waals surface area contributed by atoms with E-state index in [-0.39, 0.29) is 24.4 Å². The lowest BCUT2D eigenvalue weighted by Crippen LogP contribution is -2.47. The Hall–Kier alpha value is -2.67. The molecule has 2 aromatic rings. The fraction of sp³-hybridized carbons (Fsp3) is 0.435. The van der Waals surface area contributed by atoms with Crippen molar-refractivity contribution in [1.29, 1.82) is 0 Å². The van der Waals surface area contributed by atoms with E-state index in [0.717, 1.165) is 40.2 Å². The number of urea groups is 1. The average molecular weight is 424 g/mol. The van der Waals surface area contributed by atoms with Crippen molar-refractivity contribution >= 4 is 29.2 Å².